The van der Waals surface area contributed by atoms with Gasteiger partial charge in [-0.3, -0.25) is 25.0 Å². The predicted octanol–water partition coefficient (Wildman–Crippen LogP) is 10.7. The van der Waals surface area contributed by atoms with Crippen molar-refractivity contribution in [3.63, 3.8) is 0 Å². The number of carbonyl (C=O) groups is 1. The van der Waals surface area contributed by atoms with E-state index < -0.39 is 4.92 Å². The number of nitrogens with one attached hydrogen (secondary N) is 2. The maximum Gasteiger partial charge on any atom is 0.269 e. The van der Waals surface area contributed by atoms with Crippen molar-refractivity contribution in [1.82, 2.24) is 20.3 Å². The van der Waals surface area contributed by atoms with Crippen LogP contribution in [0, 0.1) is 20.2 Å². The first kappa shape index (κ1) is 50.0. The van der Waals surface area contributed by atoms with Gasteiger partial charge in [-0.1, -0.05) is 76.6 Å². The van der Waals surface area contributed by atoms with Gasteiger partial charge in [0.15, 0.2) is 16.0 Å². The van der Waals surface area contributed by atoms with Crippen molar-refractivity contribution in [3.05, 3.63) is 183 Å². The van der Waals surface area contributed by atoms with Crippen molar-refractivity contribution in [1.29, 1.82) is 0 Å². The van der Waals surface area contributed by atoms with Crippen molar-refractivity contribution in [2.45, 2.75) is 75.7 Å². The molecule has 3 aromatic heterocycles. The fourth-order valence-electron chi connectivity index (χ4n) is 6.94. The molecule has 2 aliphatic carbocycles. The van der Waals surface area contributed by atoms with Crippen molar-refractivity contribution >= 4 is 89.6 Å². The summed E-state index contributed by atoms with van der Waals surface area (Å²) in [6.45, 7) is -0.0308. The average molecular weight is 1060 g/mol. The van der Waals surface area contributed by atoms with E-state index in [0.717, 1.165) is 50.0 Å². The number of Topliss-reactive ketones (excluding diaryl/α,β-unsaturated/α-hetero) is 1. The quantitative estimate of drug-likeness (QED) is 0.0177. The van der Waals surface area contributed by atoms with E-state index in [1.165, 1.54) is 59.2 Å². The number of hydrogen-bond acceptors (Lipinski definition) is 15. The molecule has 3 heterocycles. The normalized spacial score (nSPS) is 13.8. The number of nitrogens with two attached hydrogens (primary N) is 1. The zero-order valence-corrected chi connectivity index (χ0v) is 41.3. The molecule has 68 heavy (non-hydrogen) atoms. The summed E-state index contributed by atoms with van der Waals surface area (Å²) in [5.74, 6) is 1.23. The van der Waals surface area contributed by atoms with Crippen molar-refractivity contribution < 1.29 is 24.9 Å². The van der Waals surface area contributed by atoms with Gasteiger partial charge in [-0.15, -0.1) is 34.0 Å². The number of rotatable bonds is 18. The molecule has 0 spiro atoms. The Kier molecular flexibility index (Phi) is 17.6. The first-order valence-electron chi connectivity index (χ1n) is 21.5. The van der Waals surface area contributed by atoms with Gasteiger partial charge in [0.25, 0.3) is 11.4 Å². The Balaban J connectivity index is 0.000000169. The van der Waals surface area contributed by atoms with Crippen LogP contribution in [-0.2, 0) is 26.1 Å². The van der Waals surface area contributed by atoms with Crippen LogP contribution in [0.15, 0.2) is 113 Å². The van der Waals surface area contributed by atoms with Crippen molar-refractivity contribution in [3.8, 4) is 11.3 Å². The topological polar surface area (TPSA) is 233 Å². The number of benzene rings is 4. The number of anilines is 1. The standard InChI is InChI=1S/C24H22N4O3S2.C15H16N4O2S2.C9H9BrO2/c29-12-16-2-1-3-18(10-16)21-13-33-24(27-21)26-20(22-14-32-23(25-22)17-6-7-17)11-15-4-8-19(9-5-15)28(30)31;16-15(22)18-12(13-8-23-14(17-13)10-3-4-10)7-9-1-5-11(6-2-9)19(20)21;10-5-9(12)8-3-1-2-7(4-8)6-11/h1-5,8-10,13-14,17,20,29H,6-7,11-12H2,(H,26,27);1-2,5-6,8,10,12H,3-4,7H2,(H3,16,18,22);1-4,11H,5-6H2/t20-;12-;/m00./s1. The van der Waals surface area contributed by atoms with Gasteiger partial charge in [-0.2, -0.15) is 0 Å². The Morgan fingerprint density at radius 3 is 1.74 bits per heavy atom. The first-order chi connectivity index (χ1) is 32.9. The summed E-state index contributed by atoms with van der Waals surface area (Å²) in [4.78, 5) is 46.4. The summed E-state index contributed by atoms with van der Waals surface area (Å²) in [7, 11) is 0. The molecule has 0 amide bonds. The summed E-state index contributed by atoms with van der Waals surface area (Å²) >= 11 is 12.9. The van der Waals surface area contributed by atoms with Gasteiger partial charge in [0.1, 0.15) is 0 Å². The van der Waals surface area contributed by atoms with Crippen molar-refractivity contribution in [2.24, 2.45) is 5.73 Å². The lowest BCUT2D eigenvalue weighted by Crippen LogP contribution is -2.34. The molecular weight excluding hydrogens is 1010 g/mol. The molecule has 2 aliphatic rings. The fraction of sp³-hybridized carbons (Fsp3) is 0.271. The van der Waals surface area contributed by atoms with E-state index in [1.807, 2.05) is 35.0 Å². The largest absolute Gasteiger partial charge is 0.392 e. The van der Waals surface area contributed by atoms with E-state index in [0.29, 0.717) is 35.6 Å². The Morgan fingerprint density at radius 1 is 0.721 bits per heavy atom. The number of halogens is 1. The number of ketones is 1. The molecule has 0 unspecified atom stereocenters. The van der Waals surface area contributed by atoms with Crippen LogP contribution in [0.2, 0.25) is 0 Å². The number of alkyl halides is 1. The average Bonchev–Trinajstić information content (AvgIpc) is 4.23. The third kappa shape index (κ3) is 14.3. The highest BCUT2D eigenvalue weighted by atomic mass is 79.9. The summed E-state index contributed by atoms with van der Waals surface area (Å²) in [5.41, 5.74) is 13.7. The van der Waals surface area contributed by atoms with Gasteiger partial charge >= 0.3 is 0 Å². The molecular formula is C48H47BrN8O7S4. The zero-order chi connectivity index (χ0) is 48.2. The maximum atomic E-state index is 11.2. The predicted molar refractivity (Wildman–Crippen MR) is 275 cm³/mol. The first-order valence-corrected chi connectivity index (χ1v) is 25.7. The SMILES string of the molecule is NC(=S)N[C@@H](Cc1ccc([N+](=O)[O-])cc1)c1csc(C2CC2)n1.O=C(CBr)c1cccc(CO)c1.O=[N+]([O-])c1ccc(C[C@H](Nc2nc(-c3cccc(CO)c3)cs2)c2csc(C3CC3)n2)cc1. The lowest BCUT2D eigenvalue weighted by Gasteiger charge is -2.17. The second kappa shape index (κ2) is 23.9. The van der Waals surface area contributed by atoms with Gasteiger partial charge in [0, 0.05) is 63.4 Å². The molecule has 352 valence electrons. The summed E-state index contributed by atoms with van der Waals surface area (Å²) in [6.07, 6.45) is 6.08. The van der Waals surface area contributed by atoms with Gasteiger partial charge < -0.3 is 26.6 Å². The van der Waals surface area contributed by atoms with Crippen molar-refractivity contribution in [2.75, 3.05) is 10.6 Å². The van der Waals surface area contributed by atoms with E-state index in [9.17, 15) is 30.1 Å². The smallest absolute Gasteiger partial charge is 0.269 e. The molecule has 0 aliphatic heterocycles. The third-order valence-electron chi connectivity index (χ3n) is 10.9. The third-order valence-corrected chi connectivity index (χ3v) is 14.3. The highest BCUT2D eigenvalue weighted by Gasteiger charge is 2.29. The highest BCUT2D eigenvalue weighted by Crippen LogP contribution is 2.43. The van der Waals surface area contributed by atoms with Crippen LogP contribution >= 0.6 is 62.2 Å². The number of hydrogen-bond donors (Lipinski definition) is 5. The number of nitro benzene ring substituents is 2. The highest BCUT2D eigenvalue weighted by molar-refractivity contribution is 9.09. The molecule has 2 atom stereocenters. The van der Waals surface area contributed by atoms with E-state index in [2.05, 4.69) is 31.9 Å². The number of thiazole rings is 3. The van der Waals surface area contributed by atoms with Gasteiger partial charge in [0.2, 0.25) is 0 Å². The molecule has 7 aromatic rings. The number of thiocarbonyl (C=S) groups is 1. The maximum absolute atomic E-state index is 11.2. The number of non-ortho nitro benzene ring substituents is 2. The van der Waals surface area contributed by atoms with E-state index in [-0.39, 0.29) is 52.5 Å². The van der Waals surface area contributed by atoms with Crippen LogP contribution < -0.4 is 16.4 Å². The molecule has 0 saturated heterocycles. The molecule has 6 N–H and O–H groups in total. The minimum atomic E-state index is -0.406. The number of aliphatic hydroxyl groups excluding tert-OH is 2. The molecule has 9 rings (SSSR count). The monoisotopic (exact) mass is 1050 g/mol. The number of carbonyl (C=O) groups excluding carboxylic acids is 1. The Morgan fingerprint density at radius 2 is 1.24 bits per heavy atom. The molecule has 15 nitrogen and oxygen atoms in total. The number of aliphatic hydroxyl groups is 2. The van der Waals surface area contributed by atoms with Crippen LogP contribution in [0.1, 0.15) is 104 Å². The van der Waals surface area contributed by atoms with Crippen LogP contribution in [0.25, 0.3) is 11.3 Å². The molecule has 0 bridgehead atoms. The Labute approximate surface area is 418 Å². The Bertz CT molecular complexity index is 2830. The molecule has 4 aromatic carbocycles. The molecule has 2 fully saturated rings. The summed E-state index contributed by atoms with van der Waals surface area (Å²) in [6, 6.07) is 27.7. The molecule has 0 radical (unpaired) electrons. The van der Waals surface area contributed by atoms with Crippen LogP contribution in [0.3, 0.4) is 0 Å². The number of nitrogens with zero attached hydrogens (tertiary/aromatic N) is 5. The summed E-state index contributed by atoms with van der Waals surface area (Å²) in [5, 5.41) is 56.4. The lowest BCUT2D eigenvalue weighted by molar-refractivity contribution is -0.385. The van der Waals surface area contributed by atoms with E-state index in [4.69, 9.17) is 38.0 Å². The summed E-state index contributed by atoms with van der Waals surface area (Å²) < 4.78 is 0. The second-order valence-corrected chi connectivity index (χ2v) is 19.7. The molecule has 2 saturated carbocycles. The fourth-order valence-corrected chi connectivity index (χ4v) is 10.3. The van der Waals surface area contributed by atoms with Crippen LogP contribution in [0.4, 0.5) is 16.5 Å². The van der Waals surface area contributed by atoms with Gasteiger partial charge in [0.05, 0.1) is 67.6 Å². The zero-order valence-electron chi connectivity index (χ0n) is 36.4. The van der Waals surface area contributed by atoms with Crippen LogP contribution in [-0.4, -0.2) is 51.2 Å². The lowest BCUT2D eigenvalue weighted by atomic mass is 10.0. The minimum absolute atomic E-state index is 0.00640. The van der Waals surface area contributed by atoms with Crippen LogP contribution in [0.5, 0.6) is 0 Å². The number of aromatic nitrogens is 3. The minimum Gasteiger partial charge on any atom is -0.392 e. The molecule has 20 heteroatoms. The van der Waals surface area contributed by atoms with Gasteiger partial charge in [-0.25, -0.2) is 15.0 Å². The van der Waals surface area contributed by atoms with Gasteiger partial charge in [-0.05, 0) is 85.1 Å². The Hall–Kier alpha value is -5.87. The van der Waals surface area contributed by atoms with E-state index in [1.54, 1.807) is 83.3 Å². The second-order valence-electron chi connectivity index (χ2n) is 16.1. The van der Waals surface area contributed by atoms with E-state index >= 15 is 0 Å². The number of nitro groups is 2.